The molecule has 4 aliphatic carbocycles. The first-order valence-electron chi connectivity index (χ1n) is 23.9. The van der Waals surface area contributed by atoms with Gasteiger partial charge in [0.05, 0.1) is 41.2 Å². The van der Waals surface area contributed by atoms with E-state index in [4.69, 9.17) is 31.0 Å². The molecule has 14 heteroatoms. The number of ether oxygens (including phenoxy) is 2. The highest BCUT2D eigenvalue weighted by molar-refractivity contribution is 6.36. The van der Waals surface area contributed by atoms with Gasteiger partial charge in [0.1, 0.15) is 0 Å². The number of anilines is 2. The fraction of sp³-hybridized carbons (Fsp3) is 0.588. The van der Waals surface area contributed by atoms with Crippen molar-refractivity contribution in [2.24, 2.45) is 35.8 Å². The Morgan fingerprint density at radius 1 is 0.692 bits per heavy atom. The van der Waals surface area contributed by atoms with Gasteiger partial charge in [0.2, 0.25) is 0 Å². The number of halogens is 1. The molecule has 4 heterocycles. The van der Waals surface area contributed by atoms with E-state index in [9.17, 15) is 14.4 Å². The van der Waals surface area contributed by atoms with Crippen molar-refractivity contribution in [3.8, 4) is 11.1 Å². The van der Waals surface area contributed by atoms with Gasteiger partial charge in [-0.15, -0.1) is 0 Å². The first kappa shape index (κ1) is 44.3. The smallest absolute Gasteiger partial charge is 0.311 e. The molecule has 346 valence electrons. The van der Waals surface area contributed by atoms with Crippen LogP contribution in [-0.2, 0) is 54.3 Å². The number of rotatable bonds is 14. The van der Waals surface area contributed by atoms with Crippen LogP contribution in [-0.4, -0.2) is 93.7 Å². The highest BCUT2D eigenvalue weighted by atomic mass is 35.5. The van der Waals surface area contributed by atoms with Crippen LogP contribution in [0.1, 0.15) is 127 Å². The largest absolute Gasteiger partial charge is 0.469 e. The number of nitrogens with zero attached hydrogens (tertiary/aromatic N) is 6. The van der Waals surface area contributed by atoms with E-state index < -0.39 is 0 Å². The van der Waals surface area contributed by atoms with Crippen LogP contribution in [0, 0.1) is 28.6 Å². The molecule has 0 unspecified atom stereocenters. The van der Waals surface area contributed by atoms with Crippen LogP contribution in [0.15, 0.2) is 36.4 Å². The van der Waals surface area contributed by atoms with E-state index >= 15 is 0 Å². The second kappa shape index (κ2) is 16.9. The van der Waals surface area contributed by atoms with Crippen molar-refractivity contribution in [1.29, 1.82) is 0 Å². The topological polar surface area (TPSA) is 136 Å². The minimum Gasteiger partial charge on any atom is -0.469 e. The Labute approximate surface area is 388 Å². The number of hydrogen-bond donors (Lipinski definition) is 2. The van der Waals surface area contributed by atoms with Gasteiger partial charge >= 0.3 is 5.97 Å². The second-order valence-electron chi connectivity index (χ2n) is 20.9. The van der Waals surface area contributed by atoms with Crippen LogP contribution in [0.25, 0.3) is 11.1 Å². The maximum Gasteiger partial charge on any atom is 0.311 e. The molecule has 2 aromatic carbocycles. The van der Waals surface area contributed by atoms with Gasteiger partial charge < -0.3 is 29.2 Å². The van der Waals surface area contributed by atoms with Crippen molar-refractivity contribution in [2.75, 3.05) is 57.6 Å². The number of fused-ring (bicyclic) bond motifs is 6. The van der Waals surface area contributed by atoms with Gasteiger partial charge in [0.15, 0.2) is 11.6 Å². The molecule has 2 amide bonds. The molecule has 6 aliphatic rings. The summed E-state index contributed by atoms with van der Waals surface area (Å²) in [5.41, 5.74) is 8.54. The lowest BCUT2D eigenvalue weighted by atomic mass is 9.80. The average Bonchev–Trinajstić information content (AvgIpc) is 4.17. The van der Waals surface area contributed by atoms with Crippen molar-refractivity contribution < 1.29 is 23.9 Å². The Hall–Kier alpha value is -4.56. The van der Waals surface area contributed by atoms with Gasteiger partial charge in [-0.2, -0.15) is 0 Å². The summed E-state index contributed by atoms with van der Waals surface area (Å²) in [4.78, 5) is 55.2. The number of methoxy groups -OCH3 is 2. The van der Waals surface area contributed by atoms with Crippen LogP contribution in [0.2, 0.25) is 5.02 Å². The molecular weight excluding hydrogens is 840 g/mol. The highest BCUT2D eigenvalue weighted by Gasteiger charge is 2.58. The quantitative estimate of drug-likeness (QED) is 0.120. The van der Waals surface area contributed by atoms with E-state index in [0.717, 1.165) is 130 Å². The second-order valence-corrected chi connectivity index (χ2v) is 21.3. The molecule has 2 aliphatic heterocycles. The fourth-order valence-corrected chi connectivity index (χ4v) is 13.7. The third-order valence-electron chi connectivity index (χ3n) is 17.3. The summed E-state index contributed by atoms with van der Waals surface area (Å²) in [7, 11) is 7.21. The highest BCUT2D eigenvalue weighted by Crippen LogP contribution is 2.64. The molecule has 2 N–H and O–H groups in total. The number of benzene rings is 2. The third kappa shape index (κ3) is 7.91. The van der Waals surface area contributed by atoms with E-state index in [1.165, 1.54) is 45.6 Å². The summed E-state index contributed by atoms with van der Waals surface area (Å²) in [5, 5.41) is 6.63. The van der Waals surface area contributed by atoms with Gasteiger partial charge in [-0.3, -0.25) is 24.2 Å². The molecule has 0 spiro atoms. The lowest BCUT2D eigenvalue weighted by Crippen LogP contribution is -2.34. The van der Waals surface area contributed by atoms with Gasteiger partial charge in [-0.05, 0) is 137 Å². The van der Waals surface area contributed by atoms with Gasteiger partial charge in [0.25, 0.3) is 11.8 Å². The molecule has 10 rings (SSSR count). The summed E-state index contributed by atoms with van der Waals surface area (Å²) >= 11 is 7.12. The third-order valence-corrected chi connectivity index (χ3v) is 17.7. The summed E-state index contributed by atoms with van der Waals surface area (Å²) in [6.07, 6.45) is 15.5. The summed E-state index contributed by atoms with van der Waals surface area (Å²) in [5.74, 6) is 0.160. The predicted molar refractivity (Wildman–Crippen MR) is 251 cm³/mol. The molecule has 2 aromatic heterocycles. The van der Waals surface area contributed by atoms with Crippen molar-refractivity contribution in [1.82, 2.24) is 28.9 Å². The van der Waals surface area contributed by atoms with E-state index in [2.05, 4.69) is 20.4 Å². The fourth-order valence-electron chi connectivity index (χ4n) is 13.5. The Morgan fingerprint density at radius 2 is 1.20 bits per heavy atom. The molecule has 4 fully saturated rings. The minimum atomic E-state index is -0.301. The first-order chi connectivity index (χ1) is 31.3. The average molecular weight is 906 g/mol. The Balaban J connectivity index is 0.772. The van der Waals surface area contributed by atoms with Crippen molar-refractivity contribution >= 4 is 40.8 Å². The maximum atomic E-state index is 13.9. The maximum absolute atomic E-state index is 13.9. The van der Waals surface area contributed by atoms with Crippen molar-refractivity contribution in [2.45, 2.75) is 110 Å². The number of imidazole rings is 2. The standard InChI is InChI=1S/C51H65ClN8O5/c1-33-34(8-6-10-36(33)55-45(61)43-53-38-29-60(25-13-40(38)57(43)2)27-23-49-18-20-51(31-49,21-19-49)47(63)65-5)35-9-7-11-37(42(35)52)56-46(62)44-54-39-28-59(24-12-41(39)58(44)3)26-22-48-14-16-50(30-48,17-15-48)32-64-4/h6-11H,12-32H2,1-5H3,(H,55,61)(H,56,62). The van der Waals surface area contributed by atoms with E-state index in [1.807, 2.05) is 73.7 Å². The van der Waals surface area contributed by atoms with E-state index in [1.54, 1.807) is 0 Å². The van der Waals surface area contributed by atoms with Crippen LogP contribution in [0.5, 0.6) is 0 Å². The van der Waals surface area contributed by atoms with Crippen LogP contribution < -0.4 is 10.6 Å². The van der Waals surface area contributed by atoms with Crippen LogP contribution in [0.3, 0.4) is 0 Å². The normalized spacial score (nSPS) is 26.9. The Morgan fingerprint density at radius 3 is 1.77 bits per heavy atom. The molecule has 4 bridgehead atoms. The molecule has 65 heavy (non-hydrogen) atoms. The van der Waals surface area contributed by atoms with Gasteiger partial charge in [-0.25, -0.2) is 9.97 Å². The molecule has 0 saturated heterocycles. The molecular formula is C51H65ClN8O5. The van der Waals surface area contributed by atoms with Gasteiger partial charge in [-0.1, -0.05) is 35.9 Å². The van der Waals surface area contributed by atoms with Crippen LogP contribution >= 0.6 is 11.6 Å². The zero-order chi connectivity index (χ0) is 45.3. The van der Waals surface area contributed by atoms with Crippen molar-refractivity contribution in [3.05, 3.63) is 81.4 Å². The number of aromatic nitrogens is 4. The predicted octanol–water partition coefficient (Wildman–Crippen LogP) is 8.50. The Kier molecular flexibility index (Phi) is 11.5. The summed E-state index contributed by atoms with van der Waals surface area (Å²) in [6.45, 7) is 8.20. The first-order valence-corrected chi connectivity index (χ1v) is 24.3. The number of nitrogens with one attached hydrogen (secondary N) is 2. The molecule has 4 saturated carbocycles. The lowest BCUT2D eigenvalue weighted by Gasteiger charge is -2.32. The van der Waals surface area contributed by atoms with Gasteiger partial charge in [0, 0.05) is 82.9 Å². The zero-order valence-corrected chi connectivity index (χ0v) is 39.7. The zero-order valence-electron chi connectivity index (χ0n) is 38.9. The lowest BCUT2D eigenvalue weighted by molar-refractivity contribution is -0.152. The summed E-state index contributed by atoms with van der Waals surface area (Å²) < 4.78 is 14.7. The molecule has 13 nitrogen and oxygen atoms in total. The minimum absolute atomic E-state index is 0.0294. The number of amides is 2. The van der Waals surface area contributed by atoms with E-state index in [0.29, 0.717) is 45.4 Å². The molecule has 4 aromatic rings. The number of hydrogen-bond acceptors (Lipinski definition) is 9. The van der Waals surface area contributed by atoms with E-state index in [-0.39, 0.29) is 28.6 Å². The molecule has 0 radical (unpaired) electrons. The van der Waals surface area contributed by atoms with Crippen LogP contribution in [0.4, 0.5) is 11.4 Å². The summed E-state index contributed by atoms with van der Waals surface area (Å²) in [6, 6.07) is 11.4. The Bertz CT molecular complexity index is 2530. The molecule has 0 atom stereocenters. The monoisotopic (exact) mass is 904 g/mol. The number of esters is 1. The van der Waals surface area contributed by atoms with Crippen molar-refractivity contribution in [3.63, 3.8) is 0 Å². The number of carbonyl (C=O) groups is 3. The SMILES string of the molecule is COCC12CCC(CCN3CCc4c(nc(C(=O)Nc5cccc(-c6cccc(NC(=O)c7nc8c(n7C)CCN(CCC79CCC(C(=O)OC)(CC7)C9)C8)c6C)c5Cl)n4C)C3)(CC1)C2. The number of carbonyl (C=O) groups excluding carboxylic acids is 3.